The summed E-state index contributed by atoms with van der Waals surface area (Å²) in [4.78, 5) is 36.7. The van der Waals surface area contributed by atoms with Crippen LogP contribution in [0.2, 0.25) is 5.02 Å². The van der Waals surface area contributed by atoms with Gasteiger partial charge >= 0.3 is 0 Å². The van der Waals surface area contributed by atoms with Crippen LogP contribution in [0.5, 0.6) is 0 Å². The number of amides is 2. The molecule has 0 fully saturated rings. The molecule has 2 heterocycles. The number of benzene rings is 2. The highest BCUT2D eigenvalue weighted by atomic mass is 35.5. The Kier molecular flexibility index (Phi) is 8.01. The number of hydrogen-bond acceptors (Lipinski definition) is 7. The van der Waals surface area contributed by atoms with Gasteiger partial charge in [0.25, 0.3) is 5.91 Å². The lowest BCUT2D eigenvalue weighted by Gasteiger charge is -2.26. The van der Waals surface area contributed by atoms with Gasteiger partial charge in [0.1, 0.15) is 6.04 Å². The molecule has 9 nitrogen and oxygen atoms in total. The Balaban J connectivity index is 1.53. The lowest BCUT2D eigenvalue weighted by molar-refractivity contribution is -0.126. The van der Waals surface area contributed by atoms with E-state index in [4.69, 9.17) is 11.6 Å². The van der Waals surface area contributed by atoms with Crippen molar-refractivity contribution in [2.45, 2.75) is 51.9 Å². The molecule has 1 aliphatic heterocycles. The second-order valence-corrected chi connectivity index (χ2v) is 10.6. The summed E-state index contributed by atoms with van der Waals surface area (Å²) in [6.07, 6.45) is 1.47. The Morgan fingerprint density at radius 2 is 1.97 bits per heavy atom. The molecule has 10 heteroatoms. The number of carbonyl (C=O) groups excluding carboxylic acids is 2. The summed E-state index contributed by atoms with van der Waals surface area (Å²) in [7, 11) is 0. The molecule has 2 amide bonds. The molecule has 2 aromatic carbocycles. The fourth-order valence-corrected chi connectivity index (χ4v) is 4.51. The van der Waals surface area contributed by atoms with Crippen LogP contribution in [-0.2, 0) is 11.3 Å². The molecular formula is C28H32ClN5O4. The molecule has 4 N–H and O–H groups in total. The van der Waals surface area contributed by atoms with Crippen LogP contribution in [0.15, 0.2) is 48.7 Å². The maximum atomic E-state index is 13.4. The number of fused-ring (bicyclic) bond motifs is 1. The van der Waals surface area contributed by atoms with Gasteiger partial charge in [0.15, 0.2) is 0 Å². The van der Waals surface area contributed by atoms with Crippen molar-refractivity contribution in [3.63, 3.8) is 0 Å². The first-order chi connectivity index (χ1) is 18.0. The number of aryl methyl sites for hydroxylation is 1. The highest BCUT2D eigenvalue weighted by Crippen LogP contribution is 2.32. The van der Waals surface area contributed by atoms with E-state index >= 15 is 0 Å². The van der Waals surface area contributed by atoms with Crippen molar-refractivity contribution >= 4 is 29.4 Å². The van der Waals surface area contributed by atoms with Crippen LogP contribution in [0.25, 0.3) is 11.3 Å². The zero-order valence-corrected chi connectivity index (χ0v) is 22.6. The molecule has 1 aromatic heterocycles. The molecule has 1 aliphatic rings. The summed E-state index contributed by atoms with van der Waals surface area (Å²) in [5, 5.41) is 25.7. The number of carbonyl (C=O) groups is 2. The van der Waals surface area contributed by atoms with Gasteiger partial charge in [-0.3, -0.25) is 9.59 Å². The predicted molar refractivity (Wildman–Crippen MR) is 146 cm³/mol. The first-order valence-electron chi connectivity index (χ1n) is 12.4. The van der Waals surface area contributed by atoms with Gasteiger partial charge in [-0.25, -0.2) is 9.97 Å². The third-order valence-electron chi connectivity index (χ3n) is 6.60. The number of halogens is 1. The first-order valence-corrected chi connectivity index (χ1v) is 12.7. The average Bonchev–Trinajstić information content (AvgIpc) is 3.23. The summed E-state index contributed by atoms with van der Waals surface area (Å²) < 4.78 is 0. The van der Waals surface area contributed by atoms with Gasteiger partial charge < -0.3 is 25.7 Å². The summed E-state index contributed by atoms with van der Waals surface area (Å²) in [5.41, 5.74) is 3.53. The summed E-state index contributed by atoms with van der Waals surface area (Å²) in [6.45, 7) is 7.15. The number of anilines is 1. The van der Waals surface area contributed by atoms with Gasteiger partial charge in [-0.05, 0) is 44.9 Å². The Bertz CT molecular complexity index is 1360. The van der Waals surface area contributed by atoms with Crippen molar-refractivity contribution < 1.29 is 19.8 Å². The Morgan fingerprint density at radius 3 is 2.66 bits per heavy atom. The zero-order chi connectivity index (χ0) is 27.6. The summed E-state index contributed by atoms with van der Waals surface area (Å²) in [6, 6.07) is 11.6. The van der Waals surface area contributed by atoms with Gasteiger partial charge in [-0.1, -0.05) is 53.6 Å². The molecule has 38 heavy (non-hydrogen) atoms. The molecule has 0 spiro atoms. The van der Waals surface area contributed by atoms with Gasteiger partial charge in [-0.2, -0.15) is 0 Å². The van der Waals surface area contributed by atoms with E-state index in [1.165, 1.54) is 11.1 Å². The molecule has 200 valence electrons. The van der Waals surface area contributed by atoms with Crippen molar-refractivity contribution in [2.75, 3.05) is 18.5 Å². The number of aromatic nitrogens is 2. The molecule has 2 atom stereocenters. The fourth-order valence-electron chi connectivity index (χ4n) is 4.31. The highest BCUT2D eigenvalue weighted by Gasteiger charge is 2.35. The van der Waals surface area contributed by atoms with Crippen molar-refractivity contribution in [3.8, 4) is 11.3 Å². The zero-order valence-electron chi connectivity index (χ0n) is 21.8. The van der Waals surface area contributed by atoms with Gasteiger partial charge in [0.2, 0.25) is 11.9 Å². The van der Waals surface area contributed by atoms with Crippen LogP contribution in [0.3, 0.4) is 0 Å². The van der Waals surface area contributed by atoms with E-state index in [0.29, 0.717) is 27.8 Å². The minimum Gasteiger partial charge on any atom is -0.394 e. The maximum Gasteiger partial charge on any atom is 0.255 e. The van der Waals surface area contributed by atoms with E-state index in [1.807, 2.05) is 57.2 Å². The molecule has 0 saturated heterocycles. The smallest absolute Gasteiger partial charge is 0.255 e. The topological polar surface area (TPSA) is 128 Å². The van der Waals surface area contributed by atoms with Crippen molar-refractivity contribution in [2.24, 2.45) is 0 Å². The van der Waals surface area contributed by atoms with Crippen molar-refractivity contribution in [3.05, 3.63) is 75.9 Å². The maximum absolute atomic E-state index is 13.4. The molecule has 2 unspecified atom stereocenters. The highest BCUT2D eigenvalue weighted by molar-refractivity contribution is 6.33. The van der Waals surface area contributed by atoms with Gasteiger partial charge in [-0.15, -0.1) is 0 Å². The average molecular weight is 538 g/mol. The number of aliphatic hydroxyl groups is 2. The van der Waals surface area contributed by atoms with E-state index in [-0.39, 0.29) is 31.6 Å². The minimum atomic E-state index is -0.753. The number of nitrogens with one attached hydrogen (secondary N) is 2. The Morgan fingerprint density at radius 1 is 1.21 bits per heavy atom. The predicted octanol–water partition coefficient (Wildman–Crippen LogP) is 3.48. The van der Waals surface area contributed by atoms with E-state index in [0.717, 1.165) is 16.7 Å². The minimum absolute atomic E-state index is 0.118. The molecule has 0 bridgehead atoms. The number of nitrogens with zero attached hydrogens (tertiary/aromatic N) is 3. The van der Waals surface area contributed by atoms with E-state index in [1.54, 1.807) is 13.0 Å². The van der Waals surface area contributed by atoms with Crippen LogP contribution in [-0.4, -0.2) is 61.7 Å². The molecule has 3 aromatic rings. The third-order valence-corrected chi connectivity index (χ3v) is 6.87. The van der Waals surface area contributed by atoms with Crippen molar-refractivity contribution in [1.29, 1.82) is 0 Å². The van der Waals surface area contributed by atoms with E-state index in [9.17, 15) is 19.8 Å². The normalized spacial score (nSPS) is 14.7. The second-order valence-electron chi connectivity index (χ2n) is 10.2. The standard InChI is InChI=1S/C28H32ClN5O4/c1-16-6-5-7-18(10-16)23(14-35)31-25(37)17(2)34-13-20-9-8-19(11-21(20)26(34)38)24-22(29)12-30-27(32-24)33-28(3,4)15-36/h5-12,17,23,35-36H,13-15H2,1-4H3,(H,31,37)(H,30,32,33). The molecule has 4 rings (SSSR count). The van der Waals surface area contributed by atoms with Crippen LogP contribution >= 0.6 is 11.6 Å². The molecule has 0 aliphatic carbocycles. The molecule has 0 radical (unpaired) electrons. The Labute approximate surface area is 226 Å². The van der Waals surface area contributed by atoms with Crippen LogP contribution in [0.4, 0.5) is 5.95 Å². The van der Waals surface area contributed by atoms with Crippen LogP contribution in [0.1, 0.15) is 53.9 Å². The monoisotopic (exact) mass is 537 g/mol. The van der Waals surface area contributed by atoms with Crippen LogP contribution < -0.4 is 10.6 Å². The lowest BCUT2D eigenvalue weighted by atomic mass is 10.0. The molecular weight excluding hydrogens is 506 g/mol. The number of aliphatic hydroxyl groups excluding tert-OH is 2. The fraction of sp³-hybridized carbons (Fsp3) is 0.357. The summed E-state index contributed by atoms with van der Waals surface area (Å²) in [5.74, 6) is -0.326. The largest absolute Gasteiger partial charge is 0.394 e. The van der Waals surface area contributed by atoms with Gasteiger partial charge in [0, 0.05) is 17.7 Å². The second kappa shape index (κ2) is 11.1. The number of hydrogen-bond donors (Lipinski definition) is 4. The Hall–Kier alpha value is -3.53. The quantitative estimate of drug-likeness (QED) is 0.329. The van der Waals surface area contributed by atoms with Crippen molar-refractivity contribution in [1.82, 2.24) is 20.2 Å². The SMILES string of the molecule is Cc1cccc(C(CO)NC(=O)C(C)N2Cc3ccc(-c4nc(NC(C)(C)CO)ncc4Cl)cc3C2=O)c1. The van der Waals surface area contributed by atoms with Gasteiger partial charge in [0.05, 0.1) is 41.7 Å². The van der Waals surface area contributed by atoms with E-state index < -0.39 is 17.6 Å². The first kappa shape index (κ1) is 27.5. The molecule has 0 saturated carbocycles. The van der Waals surface area contributed by atoms with Crippen LogP contribution in [0, 0.1) is 6.92 Å². The third kappa shape index (κ3) is 5.80. The lowest BCUT2D eigenvalue weighted by Crippen LogP contribution is -2.46. The van der Waals surface area contributed by atoms with E-state index in [2.05, 4.69) is 20.6 Å². The number of rotatable bonds is 9. The summed E-state index contributed by atoms with van der Waals surface area (Å²) >= 11 is 6.40.